The van der Waals surface area contributed by atoms with E-state index in [2.05, 4.69) is 5.32 Å². The topological polar surface area (TPSA) is 47.6 Å². The summed E-state index contributed by atoms with van der Waals surface area (Å²) in [5, 5.41) is 2.67. The molecule has 0 radical (unpaired) electrons. The Hall–Kier alpha value is -1.71. The first kappa shape index (κ1) is 16.3. The van der Waals surface area contributed by atoms with Crippen LogP contribution in [0.4, 0.5) is 4.79 Å². The lowest BCUT2D eigenvalue weighted by Crippen LogP contribution is -2.26. The van der Waals surface area contributed by atoms with Gasteiger partial charge in [0.15, 0.2) is 0 Å². The number of carbonyl (C=O) groups is 1. The molecule has 0 fully saturated rings. The Morgan fingerprint density at radius 2 is 2.06 bits per heavy atom. The second-order valence-corrected chi connectivity index (χ2v) is 3.25. The molecule has 4 heteroatoms. The van der Waals surface area contributed by atoms with E-state index in [0.29, 0.717) is 13.2 Å². The molecule has 0 atom stereocenters. The van der Waals surface area contributed by atoms with Gasteiger partial charge in [0.2, 0.25) is 0 Å². The molecule has 1 rings (SSSR count). The number of benzene rings is 1. The predicted molar refractivity (Wildman–Crippen MR) is 73.1 cm³/mol. The van der Waals surface area contributed by atoms with Crippen molar-refractivity contribution in [3.63, 3.8) is 0 Å². The lowest BCUT2D eigenvalue weighted by molar-refractivity contribution is 0.152. The summed E-state index contributed by atoms with van der Waals surface area (Å²) in [5.41, 5.74) is 1.12. The molecule has 0 saturated heterocycles. The van der Waals surface area contributed by atoms with Gasteiger partial charge in [0.25, 0.3) is 0 Å². The van der Waals surface area contributed by atoms with Crippen molar-refractivity contribution < 1.29 is 14.3 Å². The number of ether oxygens (including phenoxy) is 2. The third-order valence-corrected chi connectivity index (χ3v) is 2.09. The molecule has 1 amide bonds. The fourth-order valence-corrected chi connectivity index (χ4v) is 1.32. The Bertz CT molecular complexity index is 340. The molecule has 0 heterocycles. The van der Waals surface area contributed by atoms with Crippen molar-refractivity contribution in [1.29, 1.82) is 0 Å². The average molecular weight is 253 g/mol. The summed E-state index contributed by atoms with van der Waals surface area (Å²) in [6.07, 6.45) is 0.390. The SMILES string of the molecule is CC.CCOC(=O)NCCc1cccc(OC)c1. The Balaban J connectivity index is 0.00000137. The van der Waals surface area contributed by atoms with E-state index in [1.807, 2.05) is 38.1 Å². The molecule has 18 heavy (non-hydrogen) atoms. The van der Waals surface area contributed by atoms with E-state index in [1.165, 1.54) is 0 Å². The van der Waals surface area contributed by atoms with Crippen molar-refractivity contribution in [2.75, 3.05) is 20.3 Å². The largest absolute Gasteiger partial charge is 0.497 e. The summed E-state index contributed by atoms with van der Waals surface area (Å²) in [4.78, 5) is 11.0. The summed E-state index contributed by atoms with van der Waals surface area (Å²) in [6, 6.07) is 7.77. The molecule has 0 unspecified atom stereocenters. The summed E-state index contributed by atoms with van der Waals surface area (Å²) in [5.74, 6) is 0.827. The van der Waals surface area contributed by atoms with Gasteiger partial charge < -0.3 is 14.8 Å². The molecule has 0 aliphatic carbocycles. The van der Waals surface area contributed by atoms with Crippen LogP contribution >= 0.6 is 0 Å². The zero-order valence-corrected chi connectivity index (χ0v) is 11.7. The van der Waals surface area contributed by atoms with E-state index in [4.69, 9.17) is 9.47 Å². The van der Waals surface area contributed by atoms with Crippen LogP contribution in [0.15, 0.2) is 24.3 Å². The fraction of sp³-hybridized carbons (Fsp3) is 0.500. The molecular formula is C14H23NO3. The summed E-state index contributed by atoms with van der Waals surface area (Å²) < 4.78 is 9.86. The van der Waals surface area contributed by atoms with Crippen LogP contribution in [0.2, 0.25) is 0 Å². The minimum atomic E-state index is -0.370. The van der Waals surface area contributed by atoms with Crippen LogP contribution in [0.3, 0.4) is 0 Å². The first-order valence-corrected chi connectivity index (χ1v) is 6.29. The first-order valence-electron chi connectivity index (χ1n) is 6.29. The van der Waals surface area contributed by atoms with Gasteiger partial charge in [-0.2, -0.15) is 0 Å². The van der Waals surface area contributed by atoms with Crippen LogP contribution in [0.25, 0.3) is 0 Å². The average Bonchev–Trinajstić information content (AvgIpc) is 2.41. The Kier molecular flexibility index (Phi) is 9.45. The minimum absolute atomic E-state index is 0.370. The third kappa shape index (κ3) is 6.78. The number of methoxy groups -OCH3 is 1. The summed E-state index contributed by atoms with van der Waals surface area (Å²) in [7, 11) is 1.63. The van der Waals surface area contributed by atoms with Gasteiger partial charge in [0.1, 0.15) is 5.75 Å². The molecule has 0 saturated carbocycles. The molecule has 0 spiro atoms. The van der Waals surface area contributed by atoms with Crippen molar-refractivity contribution in [3.8, 4) is 5.75 Å². The first-order chi connectivity index (χ1) is 8.76. The molecule has 0 aliphatic heterocycles. The number of alkyl carbamates (subject to hydrolysis) is 1. The molecule has 1 aromatic carbocycles. The third-order valence-electron chi connectivity index (χ3n) is 2.09. The fourth-order valence-electron chi connectivity index (χ4n) is 1.32. The highest BCUT2D eigenvalue weighted by Gasteiger charge is 2.00. The van der Waals surface area contributed by atoms with Crippen LogP contribution in [-0.2, 0) is 11.2 Å². The minimum Gasteiger partial charge on any atom is -0.497 e. The molecule has 0 aliphatic rings. The maximum absolute atomic E-state index is 11.0. The van der Waals surface area contributed by atoms with Crippen molar-refractivity contribution >= 4 is 6.09 Å². The number of amides is 1. The zero-order chi connectivity index (χ0) is 13.8. The molecule has 102 valence electrons. The van der Waals surface area contributed by atoms with Gasteiger partial charge in [-0.3, -0.25) is 0 Å². The normalized spacial score (nSPS) is 8.89. The molecule has 1 aromatic rings. The highest BCUT2D eigenvalue weighted by Crippen LogP contribution is 2.12. The van der Waals surface area contributed by atoms with Crippen molar-refractivity contribution in [2.24, 2.45) is 0 Å². The predicted octanol–water partition coefficient (Wildman–Crippen LogP) is 3.01. The standard InChI is InChI=1S/C12H17NO3.C2H6/c1-3-16-12(14)13-8-7-10-5-4-6-11(9-10)15-2;1-2/h4-6,9H,3,7-8H2,1-2H3,(H,13,14);1-2H3. The van der Waals surface area contributed by atoms with Crippen LogP contribution in [0.1, 0.15) is 26.3 Å². The van der Waals surface area contributed by atoms with Crippen LogP contribution in [-0.4, -0.2) is 26.4 Å². The van der Waals surface area contributed by atoms with Crippen LogP contribution in [0.5, 0.6) is 5.75 Å². The maximum Gasteiger partial charge on any atom is 0.407 e. The second-order valence-electron chi connectivity index (χ2n) is 3.25. The number of rotatable bonds is 5. The lowest BCUT2D eigenvalue weighted by atomic mass is 10.1. The van der Waals surface area contributed by atoms with Gasteiger partial charge in [-0.25, -0.2) is 4.79 Å². The monoisotopic (exact) mass is 253 g/mol. The molecule has 0 bridgehead atoms. The molecule has 4 nitrogen and oxygen atoms in total. The van der Waals surface area contributed by atoms with Crippen molar-refractivity contribution in [1.82, 2.24) is 5.32 Å². The van der Waals surface area contributed by atoms with Gasteiger partial charge in [0, 0.05) is 6.54 Å². The number of nitrogens with one attached hydrogen (secondary N) is 1. The molecular weight excluding hydrogens is 230 g/mol. The van der Waals surface area contributed by atoms with Gasteiger partial charge in [-0.15, -0.1) is 0 Å². The smallest absolute Gasteiger partial charge is 0.407 e. The van der Waals surface area contributed by atoms with Gasteiger partial charge in [0.05, 0.1) is 13.7 Å². The Morgan fingerprint density at radius 3 is 2.67 bits per heavy atom. The van der Waals surface area contributed by atoms with Gasteiger partial charge >= 0.3 is 6.09 Å². The maximum atomic E-state index is 11.0. The van der Waals surface area contributed by atoms with Gasteiger partial charge in [-0.05, 0) is 31.0 Å². The van der Waals surface area contributed by atoms with E-state index in [-0.39, 0.29) is 6.09 Å². The van der Waals surface area contributed by atoms with E-state index < -0.39 is 0 Å². The molecule has 0 aromatic heterocycles. The zero-order valence-electron chi connectivity index (χ0n) is 11.7. The van der Waals surface area contributed by atoms with E-state index in [0.717, 1.165) is 17.7 Å². The van der Waals surface area contributed by atoms with Crippen molar-refractivity contribution in [2.45, 2.75) is 27.2 Å². The summed E-state index contributed by atoms with van der Waals surface area (Å²) in [6.45, 7) is 6.73. The molecule has 1 N–H and O–H groups in total. The van der Waals surface area contributed by atoms with E-state index >= 15 is 0 Å². The van der Waals surface area contributed by atoms with Gasteiger partial charge in [-0.1, -0.05) is 26.0 Å². The quantitative estimate of drug-likeness (QED) is 0.877. The number of hydrogen-bond donors (Lipinski definition) is 1. The van der Waals surface area contributed by atoms with Crippen LogP contribution in [0, 0.1) is 0 Å². The number of hydrogen-bond acceptors (Lipinski definition) is 3. The Morgan fingerprint density at radius 1 is 1.33 bits per heavy atom. The summed E-state index contributed by atoms with van der Waals surface area (Å²) >= 11 is 0. The second kappa shape index (κ2) is 10.4. The Labute approximate surface area is 109 Å². The van der Waals surface area contributed by atoms with E-state index in [1.54, 1.807) is 14.0 Å². The lowest BCUT2D eigenvalue weighted by Gasteiger charge is -2.06. The number of carbonyl (C=O) groups excluding carboxylic acids is 1. The van der Waals surface area contributed by atoms with Crippen LogP contribution < -0.4 is 10.1 Å². The highest BCUT2D eigenvalue weighted by molar-refractivity contribution is 5.67. The highest BCUT2D eigenvalue weighted by atomic mass is 16.5. The van der Waals surface area contributed by atoms with E-state index in [9.17, 15) is 4.79 Å². The van der Waals surface area contributed by atoms with Crippen molar-refractivity contribution in [3.05, 3.63) is 29.8 Å².